The van der Waals surface area contributed by atoms with Crippen LogP contribution in [0.15, 0.2) is 72.9 Å². The molecular weight excluding hydrogens is 304 g/mol. The Morgan fingerprint density at radius 3 is 2.48 bits per heavy atom. The molecule has 0 aliphatic heterocycles. The van der Waals surface area contributed by atoms with Crippen molar-refractivity contribution in [1.82, 2.24) is 4.57 Å². The van der Waals surface area contributed by atoms with Gasteiger partial charge < -0.3 is 4.57 Å². The van der Waals surface area contributed by atoms with Gasteiger partial charge in [-0.15, -0.1) is 0 Å². The summed E-state index contributed by atoms with van der Waals surface area (Å²) >= 11 is 0. The van der Waals surface area contributed by atoms with Crippen LogP contribution in [0.3, 0.4) is 0 Å². The van der Waals surface area contributed by atoms with Crippen molar-refractivity contribution in [2.24, 2.45) is 0 Å². The van der Waals surface area contributed by atoms with Gasteiger partial charge in [-0.3, -0.25) is 0 Å². The molecule has 0 atom stereocenters. The van der Waals surface area contributed by atoms with Crippen LogP contribution >= 0.6 is 0 Å². The summed E-state index contributed by atoms with van der Waals surface area (Å²) in [5.41, 5.74) is 3.96. The van der Waals surface area contributed by atoms with Gasteiger partial charge in [0.2, 0.25) is 0 Å². The molecular formula is C23H18N2. The minimum Gasteiger partial charge on any atom is -0.347 e. The summed E-state index contributed by atoms with van der Waals surface area (Å²) < 4.78 is 2.22. The van der Waals surface area contributed by atoms with E-state index in [1.807, 2.05) is 36.4 Å². The molecule has 1 heterocycles. The van der Waals surface area contributed by atoms with Crippen molar-refractivity contribution in [3.8, 4) is 6.07 Å². The van der Waals surface area contributed by atoms with Crippen LogP contribution in [0, 0.1) is 11.3 Å². The zero-order valence-electron chi connectivity index (χ0n) is 14.1. The summed E-state index contributed by atoms with van der Waals surface area (Å²) in [5, 5.41) is 13.2. The van der Waals surface area contributed by atoms with E-state index in [0.717, 1.165) is 28.4 Å². The molecule has 120 valence electrons. The van der Waals surface area contributed by atoms with E-state index in [-0.39, 0.29) is 0 Å². The third-order valence-corrected chi connectivity index (χ3v) is 4.66. The second-order valence-electron chi connectivity index (χ2n) is 6.08. The summed E-state index contributed by atoms with van der Waals surface area (Å²) in [6.45, 7) is 3.04. The van der Waals surface area contributed by atoms with Gasteiger partial charge in [0.05, 0.1) is 11.6 Å². The lowest BCUT2D eigenvalue weighted by atomic mass is 9.97. The highest BCUT2D eigenvalue weighted by Crippen LogP contribution is 2.29. The molecule has 0 aliphatic carbocycles. The minimum absolute atomic E-state index is 0.691. The molecule has 3 aromatic carbocycles. The Bertz CT molecular complexity index is 1130. The topological polar surface area (TPSA) is 28.7 Å². The van der Waals surface area contributed by atoms with Crippen molar-refractivity contribution in [2.45, 2.75) is 13.5 Å². The number of aromatic nitrogens is 1. The third kappa shape index (κ3) is 2.60. The van der Waals surface area contributed by atoms with Gasteiger partial charge in [0.15, 0.2) is 0 Å². The second-order valence-corrected chi connectivity index (χ2v) is 6.08. The minimum atomic E-state index is 0.691. The average molecular weight is 322 g/mol. The molecule has 0 fully saturated rings. The van der Waals surface area contributed by atoms with E-state index in [2.05, 4.69) is 60.2 Å². The summed E-state index contributed by atoms with van der Waals surface area (Å²) in [7, 11) is 0. The van der Waals surface area contributed by atoms with Gasteiger partial charge in [0.25, 0.3) is 0 Å². The largest absolute Gasteiger partial charge is 0.347 e. The molecule has 0 amide bonds. The predicted octanol–water partition coefficient (Wildman–Crippen LogP) is 5.88. The van der Waals surface area contributed by atoms with Crippen molar-refractivity contribution in [3.05, 3.63) is 84.1 Å². The van der Waals surface area contributed by atoms with Gasteiger partial charge in [0, 0.05) is 34.8 Å². The number of benzene rings is 3. The normalized spacial score (nSPS) is 11.8. The first kappa shape index (κ1) is 15.2. The molecule has 0 N–H and O–H groups in total. The quantitative estimate of drug-likeness (QED) is 0.433. The van der Waals surface area contributed by atoms with Crippen LogP contribution in [0.4, 0.5) is 0 Å². The van der Waals surface area contributed by atoms with E-state index in [1.54, 1.807) is 0 Å². The van der Waals surface area contributed by atoms with Crippen LogP contribution < -0.4 is 0 Å². The highest BCUT2D eigenvalue weighted by atomic mass is 14.9. The van der Waals surface area contributed by atoms with Crippen molar-refractivity contribution >= 4 is 33.3 Å². The van der Waals surface area contributed by atoms with E-state index >= 15 is 0 Å². The third-order valence-electron chi connectivity index (χ3n) is 4.66. The van der Waals surface area contributed by atoms with E-state index in [4.69, 9.17) is 0 Å². The Hall–Kier alpha value is -3.31. The maximum absolute atomic E-state index is 9.81. The fraction of sp³-hybridized carbons (Fsp3) is 0.0870. The van der Waals surface area contributed by atoms with Gasteiger partial charge in [-0.25, -0.2) is 0 Å². The Kier molecular flexibility index (Phi) is 3.84. The van der Waals surface area contributed by atoms with Gasteiger partial charge in [0.1, 0.15) is 0 Å². The molecule has 2 nitrogen and oxygen atoms in total. The lowest BCUT2D eigenvalue weighted by Gasteiger charge is -2.05. The van der Waals surface area contributed by atoms with E-state index in [1.165, 1.54) is 10.9 Å². The van der Waals surface area contributed by atoms with Crippen LogP contribution in [0.5, 0.6) is 0 Å². The van der Waals surface area contributed by atoms with Gasteiger partial charge in [-0.2, -0.15) is 5.26 Å². The van der Waals surface area contributed by atoms with Crippen LogP contribution in [-0.4, -0.2) is 4.57 Å². The first-order valence-corrected chi connectivity index (χ1v) is 8.49. The van der Waals surface area contributed by atoms with Crippen molar-refractivity contribution < 1.29 is 0 Å². The van der Waals surface area contributed by atoms with Crippen molar-refractivity contribution in [1.29, 1.82) is 5.26 Å². The van der Waals surface area contributed by atoms with Crippen LogP contribution in [0.1, 0.15) is 18.1 Å². The monoisotopic (exact) mass is 322 g/mol. The molecule has 0 radical (unpaired) electrons. The molecule has 0 aliphatic rings. The standard InChI is InChI=1S/C23H18N2/c1-2-25-16-19(22-11-5-6-13-23(22)25)14-18(15-24)21-12-7-9-17-8-3-4-10-20(17)21/h3-14,16H,2H2,1H3/b18-14+. The number of nitriles is 1. The molecule has 4 aromatic rings. The SMILES string of the molecule is CCn1cc(/C=C(\C#N)c2cccc3ccccc23)c2ccccc21. The fourth-order valence-corrected chi connectivity index (χ4v) is 3.44. The number of nitrogens with zero attached hydrogens (tertiary/aromatic N) is 2. The second kappa shape index (κ2) is 6.30. The Labute approximate surface area is 147 Å². The summed E-state index contributed by atoms with van der Waals surface area (Å²) in [6.07, 6.45) is 4.14. The average Bonchev–Trinajstić information content (AvgIpc) is 3.03. The number of allylic oxidation sites excluding steroid dienone is 1. The molecule has 4 rings (SSSR count). The Balaban J connectivity index is 1.94. The molecule has 25 heavy (non-hydrogen) atoms. The molecule has 0 spiro atoms. The van der Waals surface area contributed by atoms with E-state index in [9.17, 15) is 5.26 Å². The molecule has 0 bridgehead atoms. The molecule has 0 saturated carbocycles. The highest BCUT2D eigenvalue weighted by Gasteiger charge is 2.09. The number of rotatable bonds is 3. The first-order valence-electron chi connectivity index (χ1n) is 8.49. The van der Waals surface area contributed by atoms with Crippen molar-refractivity contribution in [2.75, 3.05) is 0 Å². The zero-order chi connectivity index (χ0) is 17.2. The summed E-state index contributed by atoms with van der Waals surface area (Å²) in [4.78, 5) is 0. The van der Waals surface area contributed by atoms with E-state index < -0.39 is 0 Å². The van der Waals surface area contributed by atoms with Crippen LogP contribution in [0.25, 0.3) is 33.3 Å². The molecule has 0 saturated heterocycles. The van der Waals surface area contributed by atoms with Gasteiger partial charge >= 0.3 is 0 Å². The molecule has 1 aromatic heterocycles. The first-order chi connectivity index (χ1) is 12.3. The van der Waals surface area contributed by atoms with Crippen LogP contribution in [-0.2, 0) is 6.54 Å². The molecule has 0 unspecified atom stereocenters. The zero-order valence-corrected chi connectivity index (χ0v) is 14.1. The number of hydrogen-bond acceptors (Lipinski definition) is 1. The lowest BCUT2D eigenvalue weighted by molar-refractivity contribution is 0.797. The molecule has 2 heteroatoms. The Morgan fingerprint density at radius 1 is 0.960 bits per heavy atom. The number of fused-ring (bicyclic) bond motifs is 2. The van der Waals surface area contributed by atoms with Crippen LogP contribution in [0.2, 0.25) is 0 Å². The maximum atomic E-state index is 9.81. The summed E-state index contributed by atoms with van der Waals surface area (Å²) in [5.74, 6) is 0. The lowest BCUT2D eigenvalue weighted by Crippen LogP contribution is -1.89. The smallest absolute Gasteiger partial charge is 0.0998 e. The van der Waals surface area contributed by atoms with Gasteiger partial charge in [-0.1, -0.05) is 60.7 Å². The highest BCUT2D eigenvalue weighted by molar-refractivity contribution is 6.04. The number of hydrogen-bond donors (Lipinski definition) is 0. The maximum Gasteiger partial charge on any atom is 0.0998 e. The predicted molar refractivity (Wildman–Crippen MR) is 105 cm³/mol. The van der Waals surface area contributed by atoms with Gasteiger partial charge in [-0.05, 0) is 29.8 Å². The summed E-state index contributed by atoms with van der Waals surface area (Å²) in [6, 6.07) is 25.1. The number of aryl methyl sites for hydroxylation is 1. The van der Waals surface area contributed by atoms with E-state index in [0.29, 0.717) is 5.57 Å². The van der Waals surface area contributed by atoms with Crippen molar-refractivity contribution in [3.63, 3.8) is 0 Å². The Morgan fingerprint density at radius 2 is 1.68 bits per heavy atom. The number of para-hydroxylation sites is 1. The fourth-order valence-electron chi connectivity index (χ4n) is 3.44.